The van der Waals surface area contributed by atoms with Gasteiger partial charge in [-0.25, -0.2) is 0 Å². The van der Waals surface area contributed by atoms with Gasteiger partial charge in [0.05, 0.1) is 12.4 Å². The van der Waals surface area contributed by atoms with Crippen LogP contribution in [0.25, 0.3) is 0 Å². The Balaban J connectivity index is 0. The maximum atomic E-state index is 10.5. The number of hydrogen-bond acceptors (Lipinski definition) is 3. The zero-order valence-corrected chi connectivity index (χ0v) is 6.65. The predicted molar refractivity (Wildman–Crippen MR) is 39.2 cm³/mol. The van der Waals surface area contributed by atoms with E-state index in [-0.39, 0.29) is 17.8 Å². The molecule has 0 heterocycles. The second kappa shape index (κ2) is 5.40. The van der Waals surface area contributed by atoms with E-state index >= 15 is 0 Å². The van der Waals surface area contributed by atoms with Crippen LogP contribution in [-0.2, 0) is 14.3 Å². The lowest BCUT2D eigenvalue weighted by atomic mass is 10.7. The fraction of sp³-hybridized carbons (Fsp3) is 0.600. The van der Waals surface area contributed by atoms with Crippen molar-refractivity contribution < 1.29 is 18.1 Å². The minimum atomic E-state index is -3.25. The molecule has 0 atom stereocenters. The molecule has 0 unspecified atom stereocenters. The van der Waals surface area contributed by atoms with Crippen LogP contribution in [-0.4, -0.2) is 26.3 Å². The van der Waals surface area contributed by atoms with Gasteiger partial charge in [0.25, 0.3) is 10.1 Å². The van der Waals surface area contributed by atoms with Crippen molar-refractivity contribution in [2.45, 2.75) is 6.92 Å². The summed E-state index contributed by atoms with van der Waals surface area (Å²) < 4.78 is 25.4. The molecule has 0 saturated carbocycles. The van der Waals surface area contributed by atoms with Crippen molar-refractivity contribution in [3.05, 3.63) is 12.7 Å². The largest absolute Gasteiger partial charge is 0.412 e. The molecule has 0 amide bonds. The monoisotopic (exact) mass is 168 g/mol. The zero-order valence-electron chi connectivity index (χ0n) is 5.83. The van der Waals surface area contributed by atoms with Crippen LogP contribution in [0.5, 0.6) is 0 Å². The van der Waals surface area contributed by atoms with E-state index in [9.17, 15) is 8.42 Å². The smallest absolute Gasteiger partial charge is 0.267 e. The molecular formula is C5H12O4S. The fourth-order valence-corrected chi connectivity index (χ4v) is 0.705. The Morgan fingerprint density at radius 3 is 2.40 bits per heavy atom. The molecule has 0 aromatic heterocycles. The van der Waals surface area contributed by atoms with Gasteiger partial charge in [-0.2, -0.15) is 8.42 Å². The van der Waals surface area contributed by atoms with Gasteiger partial charge in [-0.3, -0.25) is 4.18 Å². The Kier molecular flexibility index (Phi) is 6.64. The highest BCUT2D eigenvalue weighted by molar-refractivity contribution is 7.86. The van der Waals surface area contributed by atoms with Crippen molar-refractivity contribution in [1.29, 1.82) is 0 Å². The van der Waals surface area contributed by atoms with Gasteiger partial charge in [-0.15, -0.1) is 6.58 Å². The molecule has 2 N–H and O–H groups in total. The summed E-state index contributed by atoms with van der Waals surface area (Å²) in [7, 11) is -3.25. The van der Waals surface area contributed by atoms with Crippen LogP contribution in [0.1, 0.15) is 6.92 Å². The van der Waals surface area contributed by atoms with E-state index in [0.717, 1.165) is 0 Å². The summed E-state index contributed by atoms with van der Waals surface area (Å²) in [6.07, 6.45) is 1.40. The topological polar surface area (TPSA) is 74.9 Å². The highest BCUT2D eigenvalue weighted by Gasteiger charge is 2.03. The second-order valence-electron chi connectivity index (χ2n) is 1.42. The lowest BCUT2D eigenvalue weighted by Gasteiger charge is -1.96. The average Bonchev–Trinajstić information content (AvgIpc) is 1.84. The molecule has 0 rings (SSSR count). The molecule has 4 nitrogen and oxygen atoms in total. The molecule has 0 aromatic carbocycles. The summed E-state index contributed by atoms with van der Waals surface area (Å²) in [6.45, 7) is 4.90. The third-order valence-electron chi connectivity index (χ3n) is 0.719. The Morgan fingerprint density at radius 2 is 2.10 bits per heavy atom. The maximum absolute atomic E-state index is 10.5. The number of hydrogen-bond donors (Lipinski definition) is 0. The maximum Gasteiger partial charge on any atom is 0.267 e. The molecular weight excluding hydrogens is 156 g/mol. The van der Waals surface area contributed by atoms with Gasteiger partial charge in [-0.05, 0) is 6.92 Å². The standard InChI is InChI=1S/C5H10O3S.H2O/c1-3-5-8-9(6,7)4-2;/h3H,1,4-5H2,2H3;1H2. The van der Waals surface area contributed by atoms with Crippen molar-refractivity contribution in [2.75, 3.05) is 12.4 Å². The predicted octanol–water partition coefficient (Wildman–Crippen LogP) is -0.286. The fourth-order valence-electron chi connectivity index (χ4n) is 0.235. The highest BCUT2D eigenvalue weighted by atomic mass is 32.2. The summed E-state index contributed by atoms with van der Waals surface area (Å²) in [5, 5.41) is 0. The molecule has 0 aromatic rings. The van der Waals surface area contributed by atoms with Crippen LogP contribution in [0.3, 0.4) is 0 Å². The molecule has 0 spiro atoms. The quantitative estimate of drug-likeness (QED) is 0.427. The Hall–Kier alpha value is -0.390. The van der Waals surface area contributed by atoms with Crippen LogP contribution in [0.4, 0.5) is 0 Å². The number of rotatable bonds is 4. The van der Waals surface area contributed by atoms with E-state index in [1.807, 2.05) is 0 Å². The highest BCUT2D eigenvalue weighted by Crippen LogP contribution is 1.90. The molecule has 0 aliphatic rings. The van der Waals surface area contributed by atoms with Crippen LogP contribution < -0.4 is 0 Å². The van der Waals surface area contributed by atoms with E-state index in [1.54, 1.807) is 0 Å². The lowest BCUT2D eigenvalue weighted by Crippen LogP contribution is -2.07. The first kappa shape index (κ1) is 12.3. The van der Waals surface area contributed by atoms with Crippen molar-refractivity contribution in [1.82, 2.24) is 0 Å². The molecule has 0 aliphatic carbocycles. The van der Waals surface area contributed by atoms with E-state index in [4.69, 9.17) is 0 Å². The first-order valence-corrected chi connectivity index (χ1v) is 4.18. The van der Waals surface area contributed by atoms with Crippen molar-refractivity contribution in [3.8, 4) is 0 Å². The van der Waals surface area contributed by atoms with E-state index in [2.05, 4.69) is 10.8 Å². The Labute approximate surface area is 60.9 Å². The van der Waals surface area contributed by atoms with Gasteiger partial charge in [-0.1, -0.05) is 6.08 Å². The minimum Gasteiger partial charge on any atom is -0.412 e. The summed E-state index contributed by atoms with van der Waals surface area (Å²) in [6, 6.07) is 0. The minimum absolute atomic E-state index is 0. The third-order valence-corrected chi connectivity index (χ3v) is 1.92. The average molecular weight is 168 g/mol. The normalized spacial score (nSPS) is 10.1. The summed E-state index contributed by atoms with van der Waals surface area (Å²) in [4.78, 5) is 0. The lowest BCUT2D eigenvalue weighted by molar-refractivity contribution is 0.358. The Bertz CT molecular complexity index is 170. The van der Waals surface area contributed by atoms with Gasteiger partial charge in [0.2, 0.25) is 0 Å². The van der Waals surface area contributed by atoms with Gasteiger partial charge in [0.15, 0.2) is 0 Å². The molecule has 0 saturated heterocycles. The summed E-state index contributed by atoms with van der Waals surface area (Å²) in [5.41, 5.74) is 0. The van der Waals surface area contributed by atoms with Crippen LogP contribution in [0, 0.1) is 0 Å². The van der Waals surface area contributed by atoms with Crippen LogP contribution in [0.15, 0.2) is 12.7 Å². The van der Waals surface area contributed by atoms with E-state index < -0.39 is 10.1 Å². The first-order chi connectivity index (χ1) is 4.12. The third kappa shape index (κ3) is 5.74. The SMILES string of the molecule is C=CCOS(=O)(=O)CC.O. The van der Waals surface area contributed by atoms with Gasteiger partial charge in [0, 0.05) is 0 Å². The van der Waals surface area contributed by atoms with E-state index in [1.165, 1.54) is 13.0 Å². The molecule has 0 radical (unpaired) electrons. The molecule has 0 aliphatic heterocycles. The van der Waals surface area contributed by atoms with Crippen LogP contribution >= 0.6 is 0 Å². The van der Waals surface area contributed by atoms with Crippen molar-refractivity contribution in [2.24, 2.45) is 0 Å². The van der Waals surface area contributed by atoms with Gasteiger partial charge < -0.3 is 5.48 Å². The molecule has 10 heavy (non-hydrogen) atoms. The molecule has 0 bridgehead atoms. The van der Waals surface area contributed by atoms with Gasteiger partial charge in [0.1, 0.15) is 0 Å². The summed E-state index contributed by atoms with van der Waals surface area (Å²) in [5.74, 6) is 0.0147. The van der Waals surface area contributed by atoms with E-state index in [0.29, 0.717) is 0 Å². The Morgan fingerprint density at radius 1 is 1.60 bits per heavy atom. The zero-order chi connectivity index (χ0) is 7.33. The second-order valence-corrected chi connectivity index (χ2v) is 3.35. The van der Waals surface area contributed by atoms with Crippen LogP contribution in [0.2, 0.25) is 0 Å². The first-order valence-electron chi connectivity index (χ1n) is 2.60. The summed E-state index contributed by atoms with van der Waals surface area (Å²) >= 11 is 0. The van der Waals surface area contributed by atoms with Crippen molar-refractivity contribution >= 4 is 10.1 Å². The van der Waals surface area contributed by atoms with Gasteiger partial charge >= 0.3 is 0 Å². The molecule has 0 fully saturated rings. The molecule has 62 valence electrons. The van der Waals surface area contributed by atoms with Crippen molar-refractivity contribution in [3.63, 3.8) is 0 Å². The molecule has 5 heteroatoms.